The van der Waals surface area contributed by atoms with Crippen molar-refractivity contribution in [2.75, 3.05) is 12.3 Å². The van der Waals surface area contributed by atoms with Gasteiger partial charge in [-0.05, 0) is 45.7 Å². The summed E-state index contributed by atoms with van der Waals surface area (Å²) in [6.07, 6.45) is 0.379. The largest absolute Gasteiger partial charge is 0.444 e. The van der Waals surface area contributed by atoms with Crippen LogP contribution in [-0.2, 0) is 4.74 Å². The Morgan fingerprint density at radius 2 is 2.09 bits per heavy atom. The molecule has 0 aliphatic heterocycles. The molecule has 0 aromatic heterocycles. The van der Waals surface area contributed by atoms with Gasteiger partial charge in [0.2, 0.25) is 0 Å². The normalized spacial score (nSPS) is 11.1. The third-order valence-electron chi connectivity index (χ3n) is 2.74. The summed E-state index contributed by atoms with van der Waals surface area (Å²) < 4.78 is 18.2. The number of ether oxygens (including phenoxy) is 1. The highest BCUT2D eigenvalue weighted by Gasteiger charge is 2.16. The first-order chi connectivity index (χ1) is 10.1. The summed E-state index contributed by atoms with van der Waals surface area (Å²) in [7, 11) is 5.69. The molecule has 0 aliphatic rings. The van der Waals surface area contributed by atoms with E-state index in [4.69, 9.17) is 23.7 Å². The van der Waals surface area contributed by atoms with Gasteiger partial charge in [-0.25, -0.2) is 9.18 Å². The van der Waals surface area contributed by atoms with Gasteiger partial charge < -0.3 is 21.2 Å². The molecule has 2 radical (unpaired) electrons. The molecule has 0 atom stereocenters. The Bertz CT molecular complexity index is 547. The number of hydrogen-bond donors (Lipinski definition) is 3. The summed E-state index contributed by atoms with van der Waals surface area (Å²) in [5.41, 5.74) is 5.98. The molecule has 7 heteroatoms. The van der Waals surface area contributed by atoms with Crippen LogP contribution in [0.5, 0.6) is 0 Å². The zero-order valence-electron chi connectivity index (χ0n) is 13.1. The van der Waals surface area contributed by atoms with Gasteiger partial charge in [-0.1, -0.05) is 5.46 Å². The van der Waals surface area contributed by atoms with E-state index in [1.165, 1.54) is 0 Å². The van der Waals surface area contributed by atoms with Crippen molar-refractivity contribution >= 4 is 30.8 Å². The van der Waals surface area contributed by atoms with Gasteiger partial charge in [0.05, 0.1) is 0 Å². The molecule has 0 spiro atoms. The van der Waals surface area contributed by atoms with Gasteiger partial charge in [0.15, 0.2) is 0 Å². The maximum absolute atomic E-state index is 13.1. The summed E-state index contributed by atoms with van der Waals surface area (Å²) >= 11 is 0. The molecule has 1 amide bonds. The Hall–Kier alpha value is -2.05. The fourth-order valence-electron chi connectivity index (χ4n) is 1.89. The number of nitrogen functional groups attached to an aromatic ring is 1. The van der Waals surface area contributed by atoms with Crippen LogP contribution in [0.2, 0.25) is 0 Å². The molecule has 0 fully saturated rings. The standard InChI is InChI=1S/C15H21BFN3O2/c1-15(2,3)22-14(21)20-6-4-5-11(18)13-10(16)7-9(17)8-12(13)19/h7-8,18H,4-6,19H2,1-3H3,(H,20,21). The Morgan fingerprint density at radius 3 is 2.64 bits per heavy atom. The van der Waals surface area contributed by atoms with E-state index in [2.05, 4.69) is 5.32 Å². The van der Waals surface area contributed by atoms with Crippen molar-refractivity contribution in [1.29, 1.82) is 5.41 Å². The van der Waals surface area contributed by atoms with Gasteiger partial charge in [0, 0.05) is 23.5 Å². The lowest BCUT2D eigenvalue weighted by Gasteiger charge is -2.19. The van der Waals surface area contributed by atoms with Crippen LogP contribution in [0.3, 0.4) is 0 Å². The van der Waals surface area contributed by atoms with Gasteiger partial charge in [-0.2, -0.15) is 0 Å². The van der Waals surface area contributed by atoms with E-state index in [1.807, 2.05) is 0 Å². The number of amides is 1. The lowest BCUT2D eigenvalue weighted by atomic mass is 9.86. The van der Waals surface area contributed by atoms with Crippen LogP contribution >= 0.6 is 0 Å². The predicted molar refractivity (Wildman–Crippen MR) is 86.5 cm³/mol. The summed E-state index contributed by atoms with van der Waals surface area (Å²) in [5.74, 6) is -0.529. The second kappa shape index (κ2) is 7.29. The molecule has 1 aromatic rings. The van der Waals surface area contributed by atoms with E-state index in [0.29, 0.717) is 24.9 Å². The van der Waals surface area contributed by atoms with Crippen LogP contribution < -0.4 is 16.5 Å². The second-order valence-corrected chi connectivity index (χ2v) is 5.97. The van der Waals surface area contributed by atoms with E-state index in [1.54, 1.807) is 20.8 Å². The number of nitrogens with one attached hydrogen (secondary N) is 2. The quantitative estimate of drug-likeness (QED) is 0.336. The molecular weight excluding hydrogens is 284 g/mol. The summed E-state index contributed by atoms with van der Waals surface area (Å²) in [5, 5.41) is 10.6. The highest BCUT2D eigenvalue weighted by molar-refractivity contribution is 6.37. The van der Waals surface area contributed by atoms with Gasteiger partial charge in [-0.15, -0.1) is 0 Å². The van der Waals surface area contributed by atoms with Crippen molar-refractivity contribution in [2.45, 2.75) is 39.2 Å². The van der Waals surface area contributed by atoms with E-state index in [9.17, 15) is 9.18 Å². The minimum Gasteiger partial charge on any atom is -0.444 e. The average Bonchev–Trinajstić information content (AvgIpc) is 2.31. The number of anilines is 1. The van der Waals surface area contributed by atoms with Crippen molar-refractivity contribution in [1.82, 2.24) is 5.32 Å². The van der Waals surface area contributed by atoms with Crippen LogP contribution in [0.4, 0.5) is 14.9 Å². The molecule has 118 valence electrons. The van der Waals surface area contributed by atoms with Gasteiger partial charge >= 0.3 is 6.09 Å². The van der Waals surface area contributed by atoms with E-state index in [-0.39, 0.29) is 16.9 Å². The first-order valence-electron chi connectivity index (χ1n) is 6.99. The predicted octanol–water partition coefficient (Wildman–Crippen LogP) is 1.87. The Morgan fingerprint density at radius 1 is 1.45 bits per heavy atom. The molecule has 0 saturated heterocycles. The number of carbonyl (C=O) groups is 1. The van der Waals surface area contributed by atoms with Crippen LogP contribution in [0.15, 0.2) is 12.1 Å². The van der Waals surface area contributed by atoms with Gasteiger partial charge in [-0.3, -0.25) is 0 Å². The topological polar surface area (TPSA) is 88.2 Å². The summed E-state index contributed by atoms with van der Waals surface area (Å²) in [6, 6.07) is 2.28. The molecule has 0 bridgehead atoms. The van der Waals surface area contributed by atoms with Crippen molar-refractivity contribution < 1.29 is 13.9 Å². The van der Waals surface area contributed by atoms with Crippen LogP contribution in [-0.4, -0.2) is 31.8 Å². The zero-order chi connectivity index (χ0) is 16.9. The van der Waals surface area contributed by atoms with Crippen molar-refractivity contribution in [3.63, 3.8) is 0 Å². The third kappa shape index (κ3) is 5.75. The molecule has 0 unspecified atom stereocenters. The van der Waals surface area contributed by atoms with Crippen LogP contribution in [0.25, 0.3) is 0 Å². The zero-order valence-corrected chi connectivity index (χ0v) is 13.1. The van der Waals surface area contributed by atoms with Crippen LogP contribution in [0.1, 0.15) is 39.2 Å². The average molecular weight is 305 g/mol. The molecule has 5 nitrogen and oxygen atoms in total. The van der Waals surface area contributed by atoms with Crippen molar-refractivity contribution in [3.8, 4) is 0 Å². The lowest BCUT2D eigenvalue weighted by molar-refractivity contribution is 0.0527. The summed E-state index contributed by atoms with van der Waals surface area (Å²) in [6.45, 7) is 5.70. The van der Waals surface area contributed by atoms with E-state index >= 15 is 0 Å². The van der Waals surface area contributed by atoms with Crippen molar-refractivity contribution in [3.05, 3.63) is 23.5 Å². The minimum atomic E-state index is -0.548. The molecule has 0 heterocycles. The molecule has 22 heavy (non-hydrogen) atoms. The molecule has 1 rings (SSSR count). The Kier molecular flexibility index (Phi) is 5.97. The number of alkyl carbamates (subject to hydrolysis) is 1. The number of hydrogen-bond acceptors (Lipinski definition) is 4. The maximum Gasteiger partial charge on any atom is 0.407 e. The highest BCUT2D eigenvalue weighted by Crippen LogP contribution is 2.14. The highest BCUT2D eigenvalue weighted by atomic mass is 19.1. The molecule has 4 N–H and O–H groups in total. The van der Waals surface area contributed by atoms with Crippen molar-refractivity contribution in [2.24, 2.45) is 0 Å². The number of carbonyl (C=O) groups excluding carboxylic acids is 1. The SMILES string of the molecule is [B]c1cc(F)cc(N)c1C(=N)CCCNC(=O)OC(C)(C)C. The molecule has 1 aromatic carbocycles. The van der Waals surface area contributed by atoms with E-state index < -0.39 is 17.5 Å². The summed E-state index contributed by atoms with van der Waals surface area (Å²) in [4.78, 5) is 11.5. The lowest BCUT2D eigenvalue weighted by Crippen LogP contribution is -2.33. The number of nitrogens with two attached hydrogens (primary N) is 1. The fraction of sp³-hybridized carbons (Fsp3) is 0.467. The van der Waals surface area contributed by atoms with Gasteiger partial charge in [0.25, 0.3) is 0 Å². The number of halogens is 1. The van der Waals surface area contributed by atoms with E-state index in [0.717, 1.165) is 12.1 Å². The molecular formula is C15H21BFN3O2. The first kappa shape index (κ1) is 18.0. The molecule has 0 aliphatic carbocycles. The maximum atomic E-state index is 13.1. The number of benzene rings is 1. The second-order valence-electron chi connectivity index (χ2n) is 5.97. The fourth-order valence-corrected chi connectivity index (χ4v) is 1.89. The first-order valence-corrected chi connectivity index (χ1v) is 6.99. The minimum absolute atomic E-state index is 0.141. The Labute approximate surface area is 131 Å². The monoisotopic (exact) mass is 305 g/mol. The smallest absolute Gasteiger partial charge is 0.407 e. The third-order valence-corrected chi connectivity index (χ3v) is 2.74. The Balaban J connectivity index is 2.46. The van der Waals surface area contributed by atoms with Gasteiger partial charge in [0.1, 0.15) is 19.3 Å². The number of rotatable bonds is 5. The van der Waals surface area contributed by atoms with Crippen LogP contribution in [0, 0.1) is 11.2 Å². The molecule has 0 saturated carbocycles.